The Morgan fingerprint density at radius 1 is 1.19 bits per heavy atom. The Kier molecular flexibility index (Phi) is 8.31. The highest BCUT2D eigenvalue weighted by Crippen LogP contribution is 2.39. The number of benzene rings is 1. The van der Waals surface area contributed by atoms with Crippen LogP contribution in [0.2, 0.25) is 0 Å². The van der Waals surface area contributed by atoms with Gasteiger partial charge in [-0.2, -0.15) is 5.10 Å². The van der Waals surface area contributed by atoms with E-state index in [1.807, 2.05) is 37.0 Å². The second-order valence-corrected chi connectivity index (χ2v) is 8.93. The highest BCUT2D eigenvalue weighted by molar-refractivity contribution is 5.84. The highest BCUT2D eigenvalue weighted by Gasteiger charge is 2.42. The van der Waals surface area contributed by atoms with E-state index in [9.17, 15) is 4.79 Å². The van der Waals surface area contributed by atoms with Crippen molar-refractivity contribution < 1.29 is 4.79 Å². The van der Waals surface area contributed by atoms with Gasteiger partial charge in [0.05, 0.1) is 23.3 Å². The van der Waals surface area contributed by atoms with Gasteiger partial charge in [-0.15, -0.1) is 0 Å². The third kappa shape index (κ3) is 5.90. The maximum absolute atomic E-state index is 12.8. The Bertz CT molecular complexity index is 896. The molecule has 1 saturated carbocycles. The van der Waals surface area contributed by atoms with Crippen LogP contribution in [0.3, 0.4) is 0 Å². The van der Waals surface area contributed by atoms with E-state index in [1.54, 1.807) is 4.90 Å². The number of para-hydroxylation sites is 1. The molecule has 2 N–H and O–H groups in total. The number of hydrogen-bond acceptors (Lipinski definition) is 3. The molecule has 0 radical (unpaired) electrons. The van der Waals surface area contributed by atoms with E-state index in [1.165, 1.54) is 5.56 Å². The number of amides is 1. The molecule has 7 heteroatoms. The average molecular weight is 439 g/mol. The standard InChI is InChI=1S/C25H38N6O/c1-5-26-24(28-19-25(15-9-10-16-25)23(32)30(3)4)27-17-11-12-21-18-31(29-20(21)2)22-13-7-6-8-14-22/h6-8,13-14,18H,5,9-12,15-17,19H2,1-4H3,(H2,26,27,28). The van der Waals surface area contributed by atoms with Gasteiger partial charge in [-0.25, -0.2) is 4.68 Å². The molecular weight excluding hydrogens is 400 g/mol. The van der Waals surface area contributed by atoms with Crippen molar-refractivity contribution in [2.75, 3.05) is 33.7 Å². The zero-order chi connectivity index (χ0) is 23.0. The molecule has 3 rings (SSSR count). The molecule has 174 valence electrons. The van der Waals surface area contributed by atoms with Crippen LogP contribution in [0, 0.1) is 12.3 Å². The molecule has 0 atom stereocenters. The Morgan fingerprint density at radius 3 is 2.56 bits per heavy atom. The van der Waals surface area contributed by atoms with E-state index in [0.29, 0.717) is 6.54 Å². The van der Waals surface area contributed by atoms with Crippen molar-refractivity contribution in [3.8, 4) is 5.69 Å². The summed E-state index contributed by atoms with van der Waals surface area (Å²) >= 11 is 0. The second-order valence-electron chi connectivity index (χ2n) is 8.93. The van der Waals surface area contributed by atoms with Crippen molar-refractivity contribution in [3.05, 3.63) is 47.8 Å². The van der Waals surface area contributed by atoms with Gasteiger partial charge < -0.3 is 15.5 Å². The van der Waals surface area contributed by atoms with E-state index < -0.39 is 0 Å². The van der Waals surface area contributed by atoms with Gasteiger partial charge in [0, 0.05) is 33.4 Å². The van der Waals surface area contributed by atoms with Gasteiger partial charge in [-0.3, -0.25) is 9.79 Å². The highest BCUT2D eigenvalue weighted by atomic mass is 16.2. The predicted octanol–water partition coefficient (Wildman–Crippen LogP) is 3.32. The zero-order valence-corrected chi connectivity index (χ0v) is 20.0. The predicted molar refractivity (Wildman–Crippen MR) is 130 cm³/mol. The Morgan fingerprint density at radius 2 is 1.91 bits per heavy atom. The molecule has 1 aliphatic carbocycles. The number of aliphatic imine (C=N–C) groups is 1. The summed E-state index contributed by atoms with van der Waals surface area (Å²) in [6.45, 7) is 6.29. The molecule has 1 heterocycles. The number of guanidine groups is 1. The van der Waals surface area contributed by atoms with Crippen LogP contribution in [0.25, 0.3) is 5.69 Å². The van der Waals surface area contributed by atoms with Crippen molar-refractivity contribution in [1.29, 1.82) is 0 Å². The van der Waals surface area contributed by atoms with Crippen molar-refractivity contribution >= 4 is 11.9 Å². The molecule has 1 aromatic heterocycles. The lowest BCUT2D eigenvalue weighted by atomic mass is 9.85. The lowest BCUT2D eigenvalue weighted by Gasteiger charge is -2.29. The number of carbonyl (C=O) groups is 1. The fourth-order valence-corrected chi connectivity index (χ4v) is 4.48. The van der Waals surface area contributed by atoms with Crippen molar-refractivity contribution in [2.24, 2.45) is 10.4 Å². The minimum Gasteiger partial charge on any atom is -0.357 e. The largest absolute Gasteiger partial charge is 0.357 e. The van der Waals surface area contributed by atoms with Gasteiger partial charge >= 0.3 is 0 Å². The number of nitrogens with one attached hydrogen (secondary N) is 2. The molecule has 1 aromatic carbocycles. The fourth-order valence-electron chi connectivity index (χ4n) is 4.48. The molecule has 1 aliphatic rings. The Hall–Kier alpha value is -2.83. The molecule has 7 nitrogen and oxygen atoms in total. The molecule has 1 fully saturated rings. The summed E-state index contributed by atoms with van der Waals surface area (Å²) < 4.78 is 1.95. The van der Waals surface area contributed by atoms with Gasteiger partial charge in [0.2, 0.25) is 5.91 Å². The average Bonchev–Trinajstić information content (AvgIpc) is 3.42. The summed E-state index contributed by atoms with van der Waals surface area (Å²) in [4.78, 5) is 19.3. The molecular formula is C25H38N6O. The van der Waals surface area contributed by atoms with Crippen molar-refractivity contribution in [3.63, 3.8) is 0 Å². The van der Waals surface area contributed by atoms with Gasteiger partial charge in [-0.1, -0.05) is 31.0 Å². The quantitative estimate of drug-likeness (QED) is 0.358. The van der Waals surface area contributed by atoms with Crippen LogP contribution >= 0.6 is 0 Å². The normalized spacial score (nSPS) is 15.6. The van der Waals surface area contributed by atoms with E-state index in [0.717, 1.165) is 69.0 Å². The van der Waals surface area contributed by atoms with Crippen LogP contribution in [0.15, 0.2) is 41.5 Å². The summed E-state index contributed by atoms with van der Waals surface area (Å²) in [6, 6.07) is 10.2. The molecule has 32 heavy (non-hydrogen) atoms. The summed E-state index contributed by atoms with van der Waals surface area (Å²) in [5.74, 6) is 1.00. The first kappa shape index (κ1) is 23.8. The lowest BCUT2D eigenvalue weighted by Crippen LogP contribution is -2.43. The fraction of sp³-hybridized carbons (Fsp3) is 0.560. The summed E-state index contributed by atoms with van der Waals surface area (Å²) in [6.07, 6.45) is 8.13. The molecule has 2 aromatic rings. The number of nitrogens with zero attached hydrogens (tertiary/aromatic N) is 4. The van der Waals surface area contributed by atoms with Crippen LogP contribution in [-0.2, 0) is 11.2 Å². The SMILES string of the molecule is CCNC(=NCC1(C(=O)N(C)C)CCCC1)NCCCc1cn(-c2ccccc2)nc1C. The number of hydrogen-bond donors (Lipinski definition) is 2. The van der Waals surface area contributed by atoms with Crippen LogP contribution < -0.4 is 10.6 Å². The van der Waals surface area contributed by atoms with Gasteiger partial charge in [0.1, 0.15) is 0 Å². The maximum Gasteiger partial charge on any atom is 0.230 e. The minimum absolute atomic E-state index is 0.209. The van der Waals surface area contributed by atoms with Gasteiger partial charge in [0.25, 0.3) is 0 Å². The van der Waals surface area contributed by atoms with Crippen molar-refractivity contribution in [2.45, 2.75) is 52.4 Å². The van der Waals surface area contributed by atoms with Crippen LogP contribution in [-0.4, -0.2) is 60.3 Å². The molecule has 0 bridgehead atoms. The number of aryl methyl sites for hydroxylation is 2. The molecule has 0 spiro atoms. The molecule has 0 saturated heterocycles. The Labute approximate surface area is 192 Å². The zero-order valence-electron chi connectivity index (χ0n) is 20.0. The molecule has 0 aliphatic heterocycles. The number of rotatable bonds is 9. The molecule has 1 amide bonds. The lowest BCUT2D eigenvalue weighted by molar-refractivity contribution is -0.138. The van der Waals surface area contributed by atoms with Crippen molar-refractivity contribution in [1.82, 2.24) is 25.3 Å². The van der Waals surface area contributed by atoms with E-state index in [-0.39, 0.29) is 11.3 Å². The van der Waals surface area contributed by atoms with Gasteiger partial charge in [-0.05, 0) is 57.2 Å². The van der Waals surface area contributed by atoms with Gasteiger partial charge in [0.15, 0.2) is 5.96 Å². The summed E-state index contributed by atoms with van der Waals surface area (Å²) in [5, 5.41) is 11.4. The first-order chi connectivity index (χ1) is 15.4. The second kappa shape index (κ2) is 11.2. The van der Waals surface area contributed by atoms with Crippen LogP contribution in [0.5, 0.6) is 0 Å². The smallest absolute Gasteiger partial charge is 0.230 e. The van der Waals surface area contributed by atoms with E-state index in [4.69, 9.17) is 4.99 Å². The third-order valence-electron chi connectivity index (χ3n) is 6.24. The third-order valence-corrected chi connectivity index (χ3v) is 6.24. The first-order valence-electron chi connectivity index (χ1n) is 11.8. The number of carbonyl (C=O) groups excluding carboxylic acids is 1. The van der Waals surface area contributed by atoms with Crippen LogP contribution in [0.4, 0.5) is 0 Å². The molecule has 0 unspecified atom stereocenters. The monoisotopic (exact) mass is 438 g/mol. The van der Waals surface area contributed by atoms with E-state index >= 15 is 0 Å². The Balaban J connectivity index is 1.55. The maximum atomic E-state index is 12.8. The summed E-state index contributed by atoms with van der Waals surface area (Å²) in [5.41, 5.74) is 3.07. The minimum atomic E-state index is -0.338. The van der Waals surface area contributed by atoms with E-state index in [2.05, 4.69) is 47.9 Å². The van der Waals surface area contributed by atoms with Crippen LogP contribution in [0.1, 0.15) is 50.3 Å². The number of aromatic nitrogens is 2. The topological polar surface area (TPSA) is 74.6 Å². The summed E-state index contributed by atoms with van der Waals surface area (Å²) in [7, 11) is 3.69. The first-order valence-corrected chi connectivity index (χ1v) is 11.8.